The van der Waals surface area contributed by atoms with Crippen molar-refractivity contribution in [3.63, 3.8) is 0 Å². The third-order valence-corrected chi connectivity index (χ3v) is 6.02. The highest BCUT2D eigenvalue weighted by Crippen LogP contribution is 2.36. The van der Waals surface area contributed by atoms with Crippen molar-refractivity contribution in [1.82, 2.24) is 9.80 Å². The molecule has 1 N–H and O–H groups in total. The number of piperidine rings is 1. The van der Waals surface area contributed by atoms with Crippen molar-refractivity contribution >= 4 is 34.6 Å². The number of rotatable bonds is 5. The lowest BCUT2D eigenvalue weighted by atomic mass is 10.0. The molecule has 0 aromatic heterocycles. The molecule has 1 saturated heterocycles. The van der Waals surface area contributed by atoms with Gasteiger partial charge in [0.2, 0.25) is 0 Å². The first kappa shape index (κ1) is 23.6. The van der Waals surface area contributed by atoms with Gasteiger partial charge < -0.3 is 19.9 Å². The second-order valence-corrected chi connectivity index (χ2v) is 8.42. The number of anilines is 1. The molecule has 2 aromatic carbocycles. The monoisotopic (exact) mass is 471 g/mol. The molecular weight excluding hydrogens is 447 g/mol. The maximum Gasteiger partial charge on any atom is 0.418 e. The minimum Gasteiger partial charge on any atom is -0.496 e. The Morgan fingerprint density at radius 2 is 1.90 bits per heavy atom. The van der Waals surface area contributed by atoms with Crippen LogP contribution < -0.4 is 10.1 Å². The molecule has 0 aliphatic carbocycles. The number of likely N-dealkylation sites (tertiary alicyclic amines) is 1. The number of para-hydroxylation sites is 1. The van der Waals surface area contributed by atoms with Crippen LogP contribution >= 0.6 is 23.8 Å². The third-order valence-electron chi connectivity index (χ3n) is 5.45. The third kappa shape index (κ3) is 6.02. The molecule has 1 aliphatic heterocycles. The van der Waals surface area contributed by atoms with Crippen molar-refractivity contribution in [3.8, 4) is 5.75 Å². The van der Waals surface area contributed by atoms with Crippen molar-refractivity contribution in [2.75, 3.05) is 32.6 Å². The molecule has 0 amide bonds. The van der Waals surface area contributed by atoms with E-state index in [4.69, 9.17) is 28.6 Å². The fourth-order valence-electron chi connectivity index (χ4n) is 3.74. The van der Waals surface area contributed by atoms with Crippen LogP contribution in [0.2, 0.25) is 5.02 Å². The summed E-state index contributed by atoms with van der Waals surface area (Å²) >= 11 is 11.6. The molecule has 3 rings (SSSR count). The Labute approximate surface area is 190 Å². The van der Waals surface area contributed by atoms with Crippen molar-refractivity contribution in [2.45, 2.75) is 31.6 Å². The van der Waals surface area contributed by atoms with E-state index in [1.165, 1.54) is 12.1 Å². The summed E-state index contributed by atoms with van der Waals surface area (Å²) < 4.78 is 46.0. The first-order valence-corrected chi connectivity index (χ1v) is 10.7. The van der Waals surface area contributed by atoms with Gasteiger partial charge >= 0.3 is 6.18 Å². The minimum absolute atomic E-state index is 0.0923. The van der Waals surface area contributed by atoms with Crippen LogP contribution in [0.3, 0.4) is 0 Å². The van der Waals surface area contributed by atoms with Crippen LogP contribution in [-0.2, 0) is 12.7 Å². The largest absolute Gasteiger partial charge is 0.496 e. The second kappa shape index (κ2) is 10.1. The summed E-state index contributed by atoms with van der Waals surface area (Å²) in [5.41, 5.74) is -0.0435. The topological polar surface area (TPSA) is 27.7 Å². The van der Waals surface area contributed by atoms with Crippen LogP contribution in [0.4, 0.5) is 18.9 Å². The number of hydrogen-bond acceptors (Lipinski definition) is 3. The minimum atomic E-state index is -4.52. The van der Waals surface area contributed by atoms with Crippen molar-refractivity contribution < 1.29 is 17.9 Å². The smallest absolute Gasteiger partial charge is 0.418 e. The maximum atomic E-state index is 13.5. The fraction of sp³-hybridized carbons (Fsp3) is 0.409. The number of methoxy groups -OCH3 is 1. The molecule has 9 heteroatoms. The lowest BCUT2D eigenvalue weighted by molar-refractivity contribution is -0.136. The highest BCUT2D eigenvalue weighted by Gasteiger charge is 2.34. The van der Waals surface area contributed by atoms with E-state index in [1.807, 2.05) is 29.2 Å². The highest BCUT2D eigenvalue weighted by atomic mass is 35.5. The van der Waals surface area contributed by atoms with Gasteiger partial charge in [-0.3, -0.25) is 0 Å². The second-order valence-electron chi connectivity index (χ2n) is 7.59. The standard InChI is InChI=1S/C22H25ClF3N3OS/c1-28-11-9-17(10-12-28)29(14-15-5-3-4-6-20(15)30-2)21(31)27-19-13-16(23)7-8-18(19)22(24,25)26/h3-8,13,17H,9-12,14H2,1-2H3,(H,27,31). The molecule has 0 unspecified atom stereocenters. The number of benzene rings is 2. The predicted molar refractivity (Wildman–Crippen MR) is 122 cm³/mol. The van der Waals surface area contributed by atoms with Crippen LogP contribution in [-0.4, -0.2) is 48.2 Å². The Morgan fingerprint density at radius 1 is 1.23 bits per heavy atom. The van der Waals surface area contributed by atoms with E-state index in [9.17, 15) is 13.2 Å². The van der Waals surface area contributed by atoms with Crippen molar-refractivity contribution in [2.24, 2.45) is 0 Å². The average Bonchev–Trinajstić information content (AvgIpc) is 2.72. The van der Waals surface area contributed by atoms with Gasteiger partial charge in [-0.2, -0.15) is 13.2 Å². The van der Waals surface area contributed by atoms with Gasteiger partial charge in [0.15, 0.2) is 5.11 Å². The average molecular weight is 472 g/mol. The molecule has 1 aliphatic rings. The number of nitrogens with one attached hydrogen (secondary N) is 1. The number of ether oxygens (including phenoxy) is 1. The number of alkyl halides is 3. The molecule has 0 saturated carbocycles. The first-order chi connectivity index (χ1) is 14.7. The molecule has 0 bridgehead atoms. The Kier molecular flexibility index (Phi) is 7.67. The Hall–Kier alpha value is -2.03. The number of halogens is 4. The molecule has 2 aromatic rings. The zero-order valence-electron chi connectivity index (χ0n) is 17.4. The maximum absolute atomic E-state index is 13.5. The van der Waals surface area contributed by atoms with E-state index < -0.39 is 11.7 Å². The van der Waals surface area contributed by atoms with Gasteiger partial charge in [-0.15, -0.1) is 0 Å². The van der Waals surface area contributed by atoms with Gasteiger partial charge in [-0.25, -0.2) is 0 Å². The number of nitrogens with zero attached hydrogens (tertiary/aromatic N) is 2. The molecular formula is C22H25ClF3N3OS. The van der Waals surface area contributed by atoms with Crippen LogP contribution in [0, 0.1) is 0 Å². The van der Waals surface area contributed by atoms with Crippen molar-refractivity contribution in [1.29, 1.82) is 0 Å². The van der Waals surface area contributed by atoms with Crippen LogP contribution in [0.5, 0.6) is 5.75 Å². The summed E-state index contributed by atoms with van der Waals surface area (Å²) in [5, 5.41) is 3.26. The van der Waals surface area contributed by atoms with Crippen LogP contribution in [0.1, 0.15) is 24.0 Å². The van der Waals surface area contributed by atoms with E-state index >= 15 is 0 Å². The summed E-state index contributed by atoms with van der Waals surface area (Å²) in [6.07, 6.45) is -2.81. The molecule has 0 radical (unpaired) electrons. The quantitative estimate of drug-likeness (QED) is 0.568. The molecule has 0 atom stereocenters. The van der Waals surface area contributed by atoms with Gasteiger partial charge in [0, 0.05) is 23.2 Å². The fourth-order valence-corrected chi connectivity index (χ4v) is 4.24. The summed E-state index contributed by atoms with van der Waals surface area (Å²) in [6, 6.07) is 11.1. The molecule has 168 valence electrons. The van der Waals surface area contributed by atoms with E-state index in [-0.39, 0.29) is 21.9 Å². The molecule has 1 fully saturated rings. The van der Waals surface area contributed by atoms with Gasteiger partial charge in [-0.1, -0.05) is 29.8 Å². The Balaban J connectivity index is 1.90. The summed E-state index contributed by atoms with van der Waals surface area (Å²) in [4.78, 5) is 4.19. The van der Waals surface area contributed by atoms with Gasteiger partial charge in [0.25, 0.3) is 0 Å². The Bertz CT molecular complexity index is 917. The first-order valence-electron chi connectivity index (χ1n) is 9.94. The van der Waals surface area contributed by atoms with Gasteiger partial charge in [-0.05, 0) is 69.5 Å². The lowest BCUT2D eigenvalue weighted by Gasteiger charge is -2.39. The lowest BCUT2D eigenvalue weighted by Crippen LogP contribution is -2.47. The SMILES string of the molecule is COc1ccccc1CN(C(=S)Nc1cc(Cl)ccc1C(F)(F)F)C1CCN(C)CC1. The molecule has 4 nitrogen and oxygen atoms in total. The Morgan fingerprint density at radius 3 is 2.55 bits per heavy atom. The zero-order chi connectivity index (χ0) is 22.6. The number of hydrogen-bond donors (Lipinski definition) is 1. The van der Waals surface area contributed by atoms with Crippen LogP contribution in [0.15, 0.2) is 42.5 Å². The van der Waals surface area contributed by atoms with Gasteiger partial charge in [0.1, 0.15) is 5.75 Å². The van der Waals surface area contributed by atoms with E-state index in [0.717, 1.165) is 37.6 Å². The molecule has 31 heavy (non-hydrogen) atoms. The summed E-state index contributed by atoms with van der Waals surface area (Å²) in [6.45, 7) is 2.20. The predicted octanol–water partition coefficient (Wildman–Crippen LogP) is 5.66. The van der Waals surface area contributed by atoms with Crippen LogP contribution in [0.25, 0.3) is 0 Å². The normalized spacial score (nSPS) is 15.5. The van der Waals surface area contributed by atoms with Gasteiger partial charge in [0.05, 0.1) is 18.4 Å². The van der Waals surface area contributed by atoms with Crippen molar-refractivity contribution in [3.05, 3.63) is 58.6 Å². The molecule has 1 heterocycles. The summed E-state index contributed by atoms with van der Waals surface area (Å²) in [5.74, 6) is 0.710. The van der Waals surface area contributed by atoms with E-state index in [0.29, 0.717) is 12.3 Å². The zero-order valence-corrected chi connectivity index (χ0v) is 18.9. The molecule has 0 spiro atoms. The number of thiocarbonyl (C=S) groups is 1. The highest BCUT2D eigenvalue weighted by molar-refractivity contribution is 7.80. The summed E-state index contributed by atoms with van der Waals surface area (Å²) in [7, 11) is 3.65. The van der Waals surface area contributed by atoms with E-state index in [1.54, 1.807) is 7.11 Å². The van der Waals surface area contributed by atoms with E-state index in [2.05, 4.69) is 17.3 Å².